The fourth-order valence-electron chi connectivity index (χ4n) is 3.61. The second-order valence-electron chi connectivity index (χ2n) is 6.58. The quantitative estimate of drug-likeness (QED) is 0.371. The van der Waals surface area contributed by atoms with Gasteiger partial charge in [-0.25, -0.2) is 0 Å². The van der Waals surface area contributed by atoms with Crippen molar-refractivity contribution in [3.8, 4) is 11.5 Å². The molecule has 0 N–H and O–H groups in total. The molecule has 0 aliphatic heterocycles. The molecule has 0 heterocycles. The van der Waals surface area contributed by atoms with E-state index in [0.717, 1.165) is 10.8 Å². The van der Waals surface area contributed by atoms with Gasteiger partial charge in [0.05, 0.1) is 10.6 Å². The summed E-state index contributed by atoms with van der Waals surface area (Å²) < 4.78 is 6.06. The topological polar surface area (TPSA) is 43.4 Å². The van der Waals surface area contributed by atoms with Crippen LogP contribution in [0.25, 0.3) is 10.8 Å². The molecule has 5 rings (SSSR count). The summed E-state index contributed by atoms with van der Waals surface area (Å²) in [6.07, 6.45) is 0. The second kappa shape index (κ2) is 6.32. The molecule has 0 unspecified atom stereocenters. The number of halogens is 1. The van der Waals surface area contributed by atoms with Gasteiger partial charge in [-0.05, 0) is 23.6 Å². The van der Waals surface area contributed by atoms with Crippen LogP contribution in [0.3, 0.4) is 0 Å². The number of carbonyl (C=O) groups is 2. The zero-order chi connectivity index (χ0) is 19.3. The molecule has 0 fully saturated rings. The molecule has 0 saturated heterocycles. The number of hydrogen-bond acceptors (Lipinski definition) is 3. The van der Waals surface area contributed by atoms with E-state index in [0.29, 0.717) is 28.2 Å². The lowest BCUT2D eigenvalue weighted by Gasteiger charge is -2.20. The fourth-order valence-corrected chi connectivity index (χ4v) is 3.90. The molecule has 0 aromatic heterocycles. The number of carbonyl (C=O) groups excluding carboxylic acids is 2. The third kappa shape index (κ3) is 2.44. The molecule has 0 amide bonds. The molecule has 4 aromatic carbocycles. The standard InChI is InChI=1S/C24H13ClO3/c25-22-20(28-19-11-5-7-14-6-1-2-8-15(14)19)13-12-18-21(22)24(27)17-10-4-3-9-16(17)23(18)26/h1-13H. The van der Waals surface area contributed by atoms with Crippen LogP contribution < -0.4 is 4.74 Å². The Morgan fingerprint density at radius 3 is 2.11 bits per heavy atom. The summed E-state index contributed by atoms with van der Waals surface area (Å²) in [4.78, 5) is 25.8. The van der Waals surface area contributed by atoms with Crippen molar-refractivity contribution in [3.63, 3.8) is 0 Å². The van der Waals surface area contributed by atoms with E-state index in [1.54, 1.807) is 36.4 Å². The minimum absolute atomic E-state index is 0.151. The summed E-state index contributed by atoms with van der Waals surface area (Å²) in [5, 5.41) is 2.12. The van der Waals surface area contributed by atoms with E-state index in [1.807, 2.05) is 42.5 Å². The Bertz CT molecular complexity index is 1290. The number of fused-ring (bicyclic) bond motifs is 3. The Morgan fingerprint density at radius 2 is 1.29 bits per heavy atom. The molecule has 0 saturated carbocycles. The van der Waals surface area contributed by atoms with Crippen molar-refractivity contribution in [3.05, 3.63) is 106 Å². The molecule has 1 aliphatic carbocycles. The van der Waals surface area contributed by atoms with Crippen molar-refractivity contribution in [2.75, 3.05) is 0 Å². The molecular weight excluding hydrogens is 372 g/mol. The molecule has 4 heteroatoms. The predicted molar refractivity (Wildman–Crippen MR) is 109 cm³/mol. The van der Waals surface area contributed by atoms with E-state index in [4.69, 9.17) is 16.3 Å². The highest BCUT2D eigenvalue weighted by molar-refractivity contribution is 6.40. The van der Waals surface area contributed by atoms with E-state index in [-0.39, 0.29) is 22.2 Å². The Kier molecular flexibility index (Phi) is 3.78. The van der Waals surface area contributed by atoms with Crippen LogP contribution in [0, 0.1) is 0 Å². The first-order chi connectivity index (χ1) is 13.6. The van der Waals surface area contributed by atoms with Gasteiger partial charge in [0.2, 0.25) is 0 Å². The van der Waals surface area contributed by atoms with Crippen molar-refractivity contribution in [1.29, 1.82) is 0 Å². The lowest BCUT2D eigenvalue weighted by atomic mass is 9.84. The molecule has 3 nitrogen and oxygen atoms in total. The largest absolute Gasteiger partial charge is 0.455 e. The van der Waals surface area contributed by atoms with E-state index >= 15 is 0 Å². The van der Waals surface area contributed by atoms with E-state index in [1.165, 1.54) is 0 Å². The first-order valence-electron chi connectivity index (χ1n) is 8.81. The van der Waals surface area contributed by atoms with E-state index in [9.17, 15) is 9.59 Å². The summed E-state index contributed by atoms with van der Waals surface area (Å²) in [5.74, 6) is 0.509. The van der Waals surface area contributed by atoms with Crippen molar-refractivity contribution in [2.24, 2.45) is 0 Å². The minimum atomic E-state index is -0.265. The summed E-state index contributed by atoms with van der Waals surface area (Å²) in [7, 11) is 0. The van der Waals surface area contributed by atoms with Gasteiger partial charge in [-0.3, -0.25) is 9.59 Å². The zero-order valence-corrected chi connectivity index (χ0v) is 15.4. The predicted octanol–water partition coefficient (Wildman–Crippen LogP) is 6.06. The lowest BCUT2D eigenvalue weighted by molar-refractivity contribution is 0.0979. The van der Waals surface area contributed by atoms with Gasteiger partial charge in [0.1, 0.15) is 11.5 Å². The molecule has 0 radical (unpaired) electrons. The highest BCUT2D eigenvalue weighted by Crippen LogP contribution is 2.40. The van der Waals surface area contributed by atoms with Gasteiger partial charge in [0, 0.05) is 22.1 Å². The second-order valence-corrected chi connectivity index (χ2v) is 6.96. The Balaban J connectivity index is 1.64. The van der Waals surface area contributed by atoms with Crippen LogP contribution in [0.1, 0.15) is 31.8 Å². The van der Waals surface area contributed by atoms with Gasteiger partial charge in [0.25, 0.3) is 0 Å². The van der Waals surface area contributed by atoms with Crippen LogP contribution >= 0.6 is 11.6 Å². The average molecular weight is 385 g/mol. The number of benzene rings is 4. The lowest BCUT2D eigenvalue weighted by Crippen LogP contribution is -2.21. The van der Waals surface area contributed by atoms with Crippen molar-refractivity contribution >= 4 is 33.9 Å². The van der Waals surface area contributed by atoms with Gasteiger partial charge in [-0.2, -0.15) is 0 Å². The van der Waals surface area contributed by atoms with Gasteiger partial charge in [-0.15, -0.1) is 0 Å². The number of hydrogen-bond donors (Lipinski definition) is 0. The van der Waals surface area contributed by atoms with Gasteiger partial charge < -0.3 is 4.74 Å². The van der Waals surface area contributed by atoms with Crippen LogP contribution in [0.4, 0.5) is 0 Å². The van der Waals surface area contributed by atoms with Crippen LogP contribution in [0.15, 0.2) is 78.9 Å². The highest BCUT2D eigenvalue weighted by atomic mass is 35.5. The monoisotopic (exact) mass is 384 g/mol. The number of rotatable bonds is 2. The van der Waals surface area contributed by atoms with Crippen LogP contribution in [-0.4, -0.2) is 11.6 Å². The van der Waals surface area contributed by atoms with Crippen LogP contribution in [0.2, 0.25) is 5.02 Å². The van der Waals surface area contributed by atoms with Gasteiger partial charge >= 0.3 is 0 Å². The fraction of sp³-hybridized carbons (Fsp3) is 0. The Labute approximate surface area is 166 Å². The van der Waals surface area contributed by atoms with E-state index in [2.05, 4.69) is 0 Å². The van der Waals surface area contributed by atoms with Crippen LogP contribution in [0.5, 0.6) is 11.5 Å². The summed E-state index contributed by atoms with van der Waals surface area (Å²) in [6.45, 7) is 0. The molecule has 1 aliphatic rings. The molecule has 4 aromatic rings. The smallest absolute Gasteiger partial charge is 0.196 e. The summed E-state index contributed by atoms with van der Waals surface area (Å²) in [6, 6.07) is 23.6. The molecule has 0 spiro atoms. The minimum Gasteiger partial charge on any atom is -0.455 e. The number of ether oxygens (including phenoxy) is 1. The molecular formula is C24H13ClO3. The normalized spacial score (nSPS) is 12.6. The molecule has 28 heavy (non-hydrogen) atoms. The molecule has 0 bridgehead atoms. The first kappa shape index (κ1) is 16.7. The summed E-state index contributed by atoms with van der Waals surface area (Å²) in [5.41, 5.74) is 1.27. The zero-order valence-electron chi connectivity index (χ0n) is 14.6. The molecule has 0 atom stereocenters. The third-order valence-corrected chi connectivity index (χ3v) is 5.34. The average Bonchev–Trinajstić information content (AvgIpc) is 2.73. The Morgan fingerprint density at radius 1 is 0.607 bits per heavy atom. The number of ketones is 2. The van der Waals surface area contributed by atoms with Crippen molar-refractivity contribution in [1.82, 2.24) is 0 Å². The highest BCUT2D eigenvalue weighted by Gasteiger charge is 2.32. The third-order valence-electron chi connectivity index (χ3n) is 4.96. The maximum absolute atomic E-state index is 13.0. The maximum Gasteiger partial charge on any atom is 0.196 e. The van der Waals surface area contributed by atoms with Gasteiger partial charge in [0.15, 0.2) is 11.6 Å². The van der Waals surface area contributed by atoms with Crippen molar-refractivity contribution in [2.45, 2.75) is 0 Å². The van der Waals surface area contributed by atoms with Gasteiger partial charge in [-0.1, -0.05) is 72.3 Å². The maximum atomic E-state index is 13.0. The molecule has 134 valence electrons. The van der Waals surface area contributed by atoms with Crippen LogP contribution in [-0.2, 0) is 0 Å². The SMILES string of the molecule is O=C1c2ccccc2C(=O)c2c1ccc(Oc1cccc3ccccc13)c2Cl. The van der Waals surface area contributed by atoms with Crippen molar-refractivity contribution < 1.29 is 14.3 Å². The summed E-state index contributed by atoms with van der Waals surface area (Å²) >= 11 is 6.56. The van der Waals surface area contributed by atoms with E-state index < -0.39 is 0 Å². The Hall–Kier alpha value is -3.43. The first-order valence-corrected chi connectivity index (χ1v) is 9.19.